The molecule has 5 aromatic rings. The van der Waals surface area contributed by atoms with Crippen LogP contribution in [0.3, 0.4) is 0 Å². The van der Waals surface area contributed by atoms with Crippen molar-refractivity contribution < 1.29 is 14.3 Å². The number of anilines is 2. The number of aromatic nitrogens is 4. The number of carbonyl (C=O) groups is 1. The minimum Gasteiger partial charge on any atom is -0.497 e. The van der Waals surface area contributed by atoms with Gasteiger partial charge < -0.3 is 20.1 Å². The van der Waals surface area contributed by atoms with Crippen molar-refractivity contribution in [1.82, 2.24) is 24.0 Å². The Morgan fingerprint density at radius 3 is 2.39 bits per heavy atom. The second-order valence-electron chi connectivity index (χ2n) is 10.7. The third-order valence-corrected chi connectivity index (χ3v) is 7.63. The lowest BCUT2D eigenvalue weighted by Crippen LogP contribution is -2.26. The number of amides is 1. The summed E-state index contributed by atoms with van der Waals surface area (Å²) in [6.45, 7) is 0.697. The van der Waals surface area contributed by atoms with Gasteiger partial charge in [-0.05, 0) is 62.4 Å². The van der Waals surface area contributed by atoms with E-state index in [1.54, 1.807) is 55.6 Å². The van der Waals surface area contributed by atoms with Gasteiger partial charge >= 0.3 is 5.69 Å². The number of hydrogen-bond donors (Lipinski definition) is 1. The predicted octanol–water partition coefficient (Wildman–Crippen LogP) is 4.57. The number of benzene rings is 3. The molecule has 3 aromatic carbocycles. The Bertz CT molecular complexity index is 1890. The van der Waals surface area contributed by atoms with Crippen molar-refractivity contribution in [2.45, 2.75) is 18.9 Å². The summed E-state index contributed by atoms with van der Waals surface area (Å²) in [4.78, 5) is 39.5. The molecule has 0 unspecified atom stereocenters. The summed E-state index contributed by atoms with van der Waals surface area (Å²) in [5.41, 5.74) is 8.11. The van der Waals surface area contributed by atoms with E-state index in [-0.39, 0.29) is 11.7 Å². The minimum atomic E-state index is -0.417. The molecule has 11 nitrogen and oxygen atoms in total. The molecule has 0 saturated heterocycles. The Labute approximate surface area is 254 Å². The lowest BCUT2D eigenvalue weighted by atomic mass is 10.2. The zero-order chi connectivity index (χ0) is 30.8. The van der Waals surface area contributed by atoms with Gasteiger partial charge in [0, 0.05) is 43.5 Å². The quantitative estimate of drug-likeness (QED) is 0.235. The van der Waals surface area contributed by atoms with Gasteiger partial charge in [0.15, 0.2) is 11.5 Å². The highest BCUT2D eigenvalue weighted by atomic mass is 16.5. The van der Waals surface area contributed by atoms with Crippen molar-refractivity contribution in [3.63, 3.8) is 0 Å². The van der Waals surface area contributed by atoms with Gasteiger partial charge in [-0.1, -0.05) is 24.3 Å². The van der Waals surface area contributed by atoms with Crippen LogP contribution in [-0.2, 0) is 4.79 Å². The first-order valence-corrected chi connectivity index (χ1v) is 14.2. The molecule has 0 spiro atoms. The molecule has 0 radical (unpaired) electrons. The Balaban J connectivity index is 1.37. The number of para-hydroxylation sites is 1. The van der Waals surface area contributed by atoms with Crippen LogP contribution in [0.1, 0.15) is 12.8 Å². The largest absolute Gasteiger partial charge is 0.497 e. The van der Waals surface area contributed by atoms with Crippen LogP contribution >= 0.6 is 0 Å². The number of hydrogen-bond acceptors (Lipinski definition) is 8. The van der Waals surface area contributed by atoms with E-state index in [9.17, 15) is 9.59 Å². The molecule has 44 heavy (non-hydrogen) atoms. The van der Waals surface area contributed by atoms with Crippen LogP contribution in [0.15, 0.2) is 96.1 Å². The van der Waals surface area contributed by atoms with E-state index in [0.717, 1.165) is 0 Å². The van der Waals surface area contributed by atoms with Crippen molar-refractivity contribution in [2.75, 3.05) is 38.4 Å². The second-order valence-corrected chi connectivity index (χ2v) is 10.7. The highest BCUT2D eigenvalue weighted by molar-refractivity contribution is 6.01. The fourth-order valence-electron chi connectivity index (χ4n) is 5.04. The molecule has 0 bridgehead atoms. The number of likely N-dealkylation sites (N-methyl/N-ethyl adjacent to an activating group) is 2. The van der Waals surface area contributed by atoms with E-state index in [2.05, 4.69) is 21.9 Å². The summed E-state index contributed by atoms with van der Waals surface area (Å²) in [6.07, 6.45) is 7.15. The highest BCUT2D eigenvalue weighted by Gasteiger charge is 2.25. The van der Waals surface area contributed by atoms with Crippen LogP contribution in [0.4, 0.5) is 11.5 Å². The number of fused-ring (bicyclic) bond motifs is 1. The van der Waals surface area contributed by atoms with Gasteiger partial charge in [-0.2, -0.15) is 0 Å². The van der Waals surface area contributed by atoms with E-state index < -0.39 is 5.69 Å². The van der Waals surface area contributed by atoms with E-state index >= 15 is 0 Å². The first kappa shape index (κ1) is 28.7. The molecule has 6 rings (SSSR count). The van der Waals surface area contributed by atoms with Crippen LogP contribution in [-0.4, -0.2) is 63.7 Å². The molecular weight excluding hydrogens is 558 g/mol. The molecule has 1 fully saturated rings. The van der Waals surface area contributed by atoms with Crippen molar-refractivity contribution in [2.24, 2.45) is 0 Å². The van der Waals surface area contributed by atoms with Gasteiger partial charge in [-0.15, -0.1) is 0 Å². The molecular formula is C33H33N7O4. The fourth-order valence-corrected chi connectivity index (χ4v) is 5.04. The van der Waals surface area contributed by atoms with Crippen molar-refractivity contribution in [3.8, 4) is 28.6 Å². The maximum Gasteiger partial charge on any atom is 0.339 e. The smallest absolute Gasteiger partial charge is 0.339 e. The number of nitrogens with zero attached hydrogens (tertiary/aromatic N) is 6. The van der Waals surface area contributed by atoms with Crippen molar-refractivity contribution in [1.29, 1.82) is 0 Å². The monoisotopic (exact) mass is 591 g/mol. The number of rotatable bonds is 10. The number of ether oxygens (including phenoxy) is 2. The van der Waals surface area contributed by atoms with Crippen LogP contribution in [0.2, 0.25) is 0 Å². The fraction of sp³-hybridized carbons (Fsp3) is 0.212. The summed E-state index contributed by atoms with van der Waals surface area (Å²) < 4.78 is 14.4. The van der Waals surface area contributed by atoms with E-state index in [1.165, 1.54) is 40.3 Å². The molecule has 0 atom stereocenters. The van der Waals surface area contributed by atoms with Crippen LogP contribution in [0, 0.1) is 0 Å². The molecule has 1 amide bonds. The Kier molecular flexibility index (Phi) is 7.86. The third-order valence-electron chi connectivity index (χ3n) is 7.63. The Hall–Kier alpha value is -5.42. The van der Waals surface area contributed by atoms with Gasteiger partial charge in [0.2, 0.25) is 5.91 Å². The first-order chi connectivity index (χ1) is 21.3. The lowest BCUT2D eigenvalue weighted by molar-refractivity contribution is -0.113. The van der Waals surface area contributed by atoms with E-state index in [0.29, 0.717) is 58.1 Å². The average molecular weight is 592 g/mol. The molecule has 2 heterocycles. The number of imidazole rings is 1. The van der Waals surface area contributed by atoms with Crippen LogP contribution < -0.4 is 25.8 Å². The maximum atomic E-state index is 14.1. The molecule has 1 aliphatic carbocycles. The third kappa shape index (κ3) is 5.77. The summed E-state index contributed by atoms with van der Waals surface area (Å²) in [5, 5.41) is 0. The van der Waals surface area contributed by atoms with E-state index in [4.69, 9.17) is 15.2 Å². The molecule has 0 aliphatic heterocycles. The summed E-state index contributed by atoms with van der Waals surface area (Å²) in [7, 11) is 5.27. The molecule has 11 heteroatoms. The number of carbonyl (C=O) groups excluding carboxylic acids is 1. The van der Waals surface area contributed by atoms with Crippen LogP contribution in [0.25, 0.3) is 22.5 Å². The minimum absolute atomic E-state index is 0.146. The van der Waals surface area contributed by atoms with Gasteiger partial charge in [0.05, 0.1) is 18.5 Å². The topological polar surface area (TPSA) is 121 Å². The molecule has 2 aromatic heterocycles. The molecule has 1 saturated carbocycles. The van der Waals surface area contributed by atoms with Gasteiger partial charge in [-0.25, -0.2) is 19.3 Å². The Morgan fingerprint density at radius 2 is 1.68 bits per heavy atom. The maximum absolute atomic E-state index is 14.1. The molecule has 2 N–H and O–H groups in total. The summed E-state index contributed by atoms with van der Waals surface area (Å²) in [6, 6.07) is 22.3. The second kappa shape index (κ2) is 12.1. The zero-order valence-corrected chi connectivity index (χ0v) is 24.8. The van der Waals surface area contributed by atoms with Gasteiger partial charge in [0.1, 0.15) is 29.1 Å². The number of nitrogens with two attached hydrogens (primary N) is 1. The lowest BCUT2D eigenvalue weighted by Gasteiger charge is -2.18. The summed E-state index contributed by atoms with van der Waals surface area (Å²) >= 11 is 0. The summed E-state index contributed by atoms with van der Waals surface area (Å²) in [5.74, 6) is 1.72. The first-order valence-electron chi connectivity index (χ1n) is 14.2. The molecule has 1 aliphatic rings. The molecule has 224 valence electrons. The predicted molar refractivity (Wildman–Crippen MR) is 170 cm³/mol. The number of methoxy groups -OCH3 is 1. The number of nitrogen functional groups attached to an aromatic ring is 1. The zero-order valence-electron chi connectivity index (χ0n) is 24.8. The highest BCUT2D eigenvalue weighted by Crippen LogP contribution is 2.30. The SMILES string of the molecule is COc1cc(N(C)C(=O)C=CCN(C)C2CC2)cc(-n2c(=O)n(-c3ccc(Oc4ccccc4)cc3)c3c(N)ncnc32)c1. The van der Waals surface area contributed by atoms with Crippen molar-refractivity contribution >= 4 is 28.6 Å². The Morgan fingerprint density at radius 1 is 0.955 bits per heavy atom. The van der Waals surface area contributed by atoms with Crippen molar-refractivity contribution in [3.05, 3.63) is 102 Å². The van der Waals surface area contributed by atoms with Gasteiger partial charge in [-0.3, -0.25) is 14.3 Å². The normalized spacial score (nSPS) is 13.1. The van der Waals surface area contributed by atoms with Gasteiger partial charge in [0.25, 0.3) is 0 Å². The standard InChI is InChI=1S/C33H33N7O4/c1-37(22-11-12-22)17-7-10-29(41)38(2)24-18-25(20-28(19-24)43-3)40-32-30(31(34)35-21-36-32)39(33(40)42)23-13-15-27(16-14-23)44-26-8-5-4-6-9-26/h4-10,13-16,18-22H,11-12,17H2,1-3H3,(H2,34,35,36). The average Bonchev–Trinajstić information content (AvgIpc) is 3.85. The van der Waals surface area contributed by atoms with Crippen LogP contribution in [0.5, 0.6) is 17.2 Å². The van der Waals surface area contributed by atoms with E-state index in [1.807, 2.05) is 36.4 Å².